The third kappa shape index (κ3) is 3.56. The Morgan fingerprint density at radius 3 is 2.53 bits per heavy atom. The molecule has 0 amide bonds. The zero-order valence-electron chi connectivity index (χ0n) is 9.81. The Morgan fingerprint density at radius 1 is 1.12 bits per heavy atom. The van der Waals surface area contributed by atoms with Crippen LogP contribution < -0.4 is 4.90 Å². The van der Waals surface area contributed by atoms with E-state index in [0.29, 0.717) is 0 Å². The van der Waals surface area contributed by atoms with E-state index in [4.69, 9.17) is 0 Å². The fraction of sp³-hybridized carbons (Fsp3) is 0.214. The Bertz CT molecular complexity index is 453. The zero-order chi connectivity index (χ0) is 12.1. The van der Waals surface area contributed by atoms with Gasteiger partial charge in [0.1, 0.15) is 5.82 Å². The molecule has 0 saturated heterocycles. The van der Waals surface area contributed by atoms with Crippen molar-refractivity contribution in [3.8, 4) is 0 Å². The molecule has 2 nitrogen and oxygen atoms in total. The molecule has 0 spiro atoms. The van der Waals surface area contributed by atoms with Crippen molar-refractivity contribution >= 4 is 21.7 Å². The van der Waals surface area contributed by atoms with Gasteiger partial charge in [0.05, 0.1) is 0 Å². The molecular formula is C14H15BrN2. The lowest BCUT2D eigenvalue weighted by Crippen LogP contribution is -2.21. The monoisotopic (exact) mass is 290 g/mol. The molecule has 3 heteroatoms. The highest BCUT2D eigenvalue weighted by Crippen LogP contribution is 2.12. The Labute approximate surface area is 110 Å². The average Bonchev–Trinajstić information content (AvgIpc) is 2.39. The predicted octanol–water partition coefficient (Wildman–Crippen LogP) is 3.52. The maximum atomic E-state index is 4.32. The number of halogens is 1. The summed E-state index contributed by atoms with van der Waals surface area (Å²) in [6.45, 7) is 0.971. The van der Waals surface area contributed by atoms with Crippen LogP contribution in [0.5, 0.6) is 0 Å². The van der Waals surface area contributed by atoms with Gasteiger partial charge in [-0.25, -0.2) is 4.98 Å². The number of anilines is 1. The molecule has 0 fully saturated rings. The lowest BCUT2D eigenvalue weighted by Gasteiger charge is -2.17. The van der Waals surface area contributed by atoms with Crippen molar-refractivity contribution in [2.24, 2.45) is 0 Å². The molecule has 0 aliphatic carbocycles. The van der Waals surface area contributed by atoms with Crippen LogP contribution in [0.25, 0.3) is 0 Å². The molecule has 0 radical (unpaired) electrons. The molecule has 0 unspecified atom stereocenters. The number of aromatic nitrogens is 1. The smallest absolute Gasteiger partial charge is 0.128 e. The van der Waals surface area contributed by atoms with Gasteiger partial charge in [0.25, 0.3) is 0 Å². The topological polar surface area (TPSA) is 16.1 Å². The molecule has 2 rings (SSSR count). The highest BCUT2D eigenvalue weighted by molar-refractivity contribution is 9.10. The van der Waals surface area contributed by atoms with Crippen molar-refractivity contribution in [3.63, 3.8) is 0 Å². The first-order chi connectivity index (χ1) is 8.25. The summed E-state index contributed by atoms with van der Waals surface area (Å²) in [6, 6.07) is 14.4. The molecule has 1 aromatic heterocycles. The molecule has 0 N–H and O–H groups in total. The summed E-state index contributed by atoms with van der Waals surface area (Å²) in [5.74, 6) is 1.02. The maximum Gasteiger partial charge on any atom is 0.128 e. The van der Waals surface area contributed by atoms with Gasteiger partial charge < -0.3 is 4.90 Å². The van der Waals surface area contributed by atoms with Crippen molar-refractivity contribution in [2.45, 2.75) is 6.42 Å². The summed E-state index contributed by atoms with van der Waals surface area (Å²) < 4.78 is 1.12. The standard InChI is InChI=1S/C14H15BrN2/c1-17(14-4-2-3-10-16-14)11-9-12-5-7-13(15)8-6-12/h2-8,10H,9,11H2,1H3. The minimum Gasteiger partial charge on any atom is -0.359 e. The van der Waals surface area contributed by atoms with Gasteiger partial charge in [-0.2, -0.15) is 0 Å². The van der Waals surface area contributed by atoms with Gasteiger partial charge in [0, 0.05) is 24.3 Å². The first-order valence-electron chi connectivity index (χ1n) is 5.62. The minimum absolute atomic E-state index is 0.971. The Kier molecular flexibility index (Phi) is 4.15. The summed E-state index contributed by atoms with van der Waals surface area (Å²) >= 11 is 3.44. The van der Waals surface area contributed by atoms with Crippen molar-refractivity contribution in [1.29, 1.82) is 0 Å². The van der Waals surface area contributed by atoms with E-state index in [0.717, 1.165) is 23.3 Å². The van der Waals surface area contributed by atoms with Gasteiger partial charge in [-0.3, -0.25) is 0 Å². The summed E-state index contributed by atoms with van der Waals surface area (Å²) in [5, 5.41) is 0. The number of hydrogen-bond acceptors (Lipinski definition) is 2. The molecule has 88 valence electrons. The van der Waals surface area contributed by atoms with E-state index in [2.05, 4.69) is 57.1 Å². The Hall–Kier alpha value is -1.35. The maximum absolute atomic E-state index is 4.32. The number of nitrogens with zero attached hydrogens (tertiary/aromatic N) is 2. The Morgan fingerprint density at radius 2 is 1.88 bits per heavy atom. The summed E-state index contributed by atoms with van der Waals surface area (Å²) in [7, 11) is 2.07. The highest BCUT2D eigenvalue weighted by atomic mass is 79.9. The summed E-state index contributed by atoms with van der Waals surface area (Å²) in [4.78, 5) is 6.49. The van der Waals surface area contributed by atoms with E-state index in [1.54, 1.807) is 0 Å². The highest BCUT2D eigenvalue weighted by Gasteiger charge is 2.01. The third-order valence-electron chi connectivity index (χ3n) is 2.69. The molecule has 0 atom stereocenters. The lowest BCUT2D eigenvalue weighted by molar-refractivity contribution is 0.860. The molecule has 0 saturated carbocycles. The first-order valence-corrected chi connectivity index (χ1v) is 6.41. The second kappa shape index (κ2) is 5.82. The second-order valence-electron chi connectivity index (χ2n) is 3.99. The van der Waals surface area contributed by atoms with Gasteiger partial charge in [-0.1, -0.05) is 34.1 Å². The summed E-state index contributed by atoms with van der Waals surface area (Å²) in [6.07, 6.45) is 2.85. The van der Waals surface area contributed by atoms with Gasteiger partial charge in [-0.15, -0.1) is 0 Å². The van der Waals surface area contributed by atoms with E-state index >= 15 is 0 Å². The fourth-order valence-electron chi connectivity index (χ4n) is 1.64. The van der Waals surface area contributed by atoms with Crippen LogP contribution in [0.4, 0.5) is 5.82 Å². The van der Waals surface area contributed by atoms with Crippen LogP contribution in [0.2, 0.25) is 0 Å². The van der Waals surface area contributed by atoms with E-state index in [1.807, 2.05) is 24.4 Å². The van der Waals surface area contributed by atoms with Crippen LogP contribution in [0.15, 0.2) is 53.1 Å². The largest absolute Gasteiger partial charge is 0.359 e. The van der Waals surface area contributed by atoms with Crippen LogP contribution in [0.3, 0.4) is 0 Å². The van der Waals surface area contributed by atoms with Crippen LogP contribution in [0.1, 0.15) is 5.56 Å². The zero-order valence-corrected chi connectivity index (χ0v) is 11.4. The van der Waals surface area contributed by atoms with Crippen molar-refractivity contribution in [2.75, 3.05) is 18.5 Å². The van der Waals surface area contributed by atoms with Gasteiger partial charge >= 0.3 is 0 Å². The van der Waals surface area contributed by atoms with Gasteiger partial charge in [0.2, 0.25) is 0 Å². The quantitative estimate of drug-likeness (QED) is 0.856. The second-order valence-corrected chi connectivity index (χ2v) is 4.90. The number of likely N-dealkylation sites (N-methyl/N-ethyl adjacent to an activating group) is 1. The van der Waals surface area contributed by atoms with Gasteiger partial charge in [0.15, 0.2) is 0 Å². The van der Waals surface area contributed by atoms with Crippen LogP contribution in [-0.2, 0) is 6.42 Å². The fourth-order valence-corrected chi connectivity index (χ4v) is 1.91. The number of benzene rings is 1. The lowest BCUT2D eigenvalue weighted by atomic mass is 10.1. The molecular weight excluding hydrogens is 276 g/mol. The minimum atomic E-state index is 0.971. The van der Waals surface area contributed by atoms with Crippen molar-refractivity contribution in [3.05, 3.63) is 58.7 Å². The number of rotatable bonds is 4. The van der Waals surface area contributed by atoms with Crippen molar-refractivity contribution in [1.82, 2.24) is 4.98 Å². The van der Waals surface area contributed by atoms with Crippen LogP contribution >= 0.6 is 15.9 Å². The van der Waals surface area contributed by atoms with E-state index < -0.39 is 0 Å². The molecule has 1 aromatic carbocycles. The van der Waals surface area contributed by atoms with Gasteiger partial charge in [-0.05, 0) is 36.2 Å². The van der Waals surface area contributed by atoms with Crippen LogP contribution in [0, 0.1) is 0 Å². The number of pyridine rings is 1. The van der Waals surface area contributed by atoms with Crippen LogP contribution in [-0.4, -0.2) is 18.6 Å². The Balaban J connectivity index is 1.92. The molecule has 1 heterocycles. The van der Waals surface area contributed by atoms with E-state index in [1.165, 1.54) is 5.56 Å². The summed E-state index contributed by atoms with van der Waals surface area (Å²) in [5.41, 5.74) is 1.34. The molecule has 0 aliphatic heterocycles. The molecule has 0 bridgehead atoms. The normalized spacial score (nSPS) is 10.2. The predicted molar refractivity (Wildman–Crippen MR) is 75.4 cm³/mol. The molecule has 0 aliphatic rings. The van der Waals surface area contributed by atoms with E-state index in [-0.39, 0.29) is 0 Å². The number of hydrogen-bond donors (Lipinski definition) is 0. The average molecular weight is 291 g/mol. The first kappa shape index (κ1) is 12.1. The van der Waals surface area contributed by atoms with E-state index in [9.17, 15) is 0 Å². The molecule has 2 aromatic rings. The molecule has 17 heavy (non-hydrogen) atoms. The SMILES string of the molecule is CN(CCc1ccc(Br)cc1)c1ccccn1. The third-order valence-corrected chi connectivity index (χ3v) is 3.22. The van der Waals surface area contributed by atoms with Crippen molar-refractivity contribution < 1.29 is 0 Å².